The smallest absolute Gasteiger partial charge is 0.224 e. The van der Waals surface area contributed by atoms with Crippen molar-refractivity contribution in [3.63, 3.8) is 0 Å². The van der Waals surface area contributed by atoms with Crippen molar-refractivity contribution in [3.05, 3.63) is 18.7 Å². The number of aryl methyl sites for hydroxylation is 1. The molecule has 5 heteroatoms. The Kier molecular flexibility index (Phi) is 4.58. The van der Waals surface area contributed by atoms with Crippen molar-refractivity contribution in [1.82, 2.24) is 19.8 Å². The number of nitrogens with one attached hydrogen (secondary N) is 1. The first kappa shape index (κ1) is 14.6. The van der Waals surface area contributed by atoms with E-state index in [1.807, 2.05) is 10.8 Å². The molecule has 2 atom stereocenters. The number of hydrogen-bond acceptors (Lipinski definition) is 3. The van der Waals surface area contributed by atoms with Gasteiger partial charge in [0.15, 0.2) is 0 Å². The summed E-state index contributed by atoms with van der Waals surface area (Å²) in [7, 11) is 0. The van der Waals surface area contributed by atoms with E-state index in [9.17, 15) is 4.79 Å². The van der Waals surface area contributed by atoms with Crippen LogP contribution in [0.15, 0.2) is 18.7 Å². The summed E-state index contributed by atoms with van der Waals surface area (Å²) in [5.41, 5.74) is 0. The Hall–Kier alpha value is -1.36. The minimum absolute atomic E-state index is 0.303. The molecule has 0 spiro atoms. The summed E-state index contributed by atoms with van der Waals surface area (Å²) in [6, 6.07) is 1.71. The lowest BCUT2D eigenvalue weighted by atomic mass is 9.97. The molecule has 2 unspecified atom stereocenters. The number of hydrogen-bond donors (Lipinski definition) is 1. The van der Waals surface area contributed by atoms with Crippen LogP contribution in [0.3, 0.4) is 0 Å². The molecular weight excluding hydrogens is 264 g/mol. The van der Waals surface area contributed by atoms with Crippen LogP contribution in [-0.2, 0) is 11.3 Å². The Morgan fingerprint density at radius 2 is 2.14 bits per heavy atom. The maximum atomic E-state index is 12.6. The number of rotatable bonds is 6. The second-order valence-corrected chi connectivity index (χ2v) is 6.40. The van der Waals surface area contributed by atoms with Gasteiger partial charge in [-0.1, -0.05) is 6.92 Å². The summed E-state index contributed by atoms with van der Waals surface area (Å²) >= 11 is 0. The zero-order chi connectivity index (χ0) is 14.7. The molecule has 0 aromatic carbocycles. The van der Waals surface area contributed by atoms with E-state index in [4.69, 9.17) is 0 Å². The van der Waals surface area contributed by atoms with Crippen LogP contribution in [-0.4, -0.2) is 45.0 Å². The number of carbonyl (C=O) groups excluding carboxylic acids is 1. The Bertz CT molecular complexity index is 447. The lowest BCUT2D eigenvalue weighted by molar-refractivity contribution is -0.134. The van der Waals surface area contributed by atoms with E-state index in [1.54, 1.807) is 12.5 Å². The molecule has 1 aromatic rings. The molecule has 0 saturated carbocycles. The average molecular weight is 290 g/mol. The Morgan fingerprint density at radius 3 is 2.76 bits per heavy atom. The van der Waals surface area contributed by atoms with Crippen molar-refractivity contribution < 1.29 is 4.79 Å². The van der Waals surface area contributed by atoms with E-state index >= 15 is 0 Å². The van der Waals surface area contributed by atoms with Gasteiger partial charge >= 0.3 is 0 Å². The van der Waals surface area contributed by atoms with Crippen LogP contribution in [0, 0.1) is 0 Å². The number of carbonyl (C=O) groups is 1. The molecule has 1 N–H and O–H groups in total. The number of aromatic nitrogens is 2. The third kappa shape index (κ3) is 3.46. The summed E-state index contributed by atoms with van der Waals surface area (Å²) in [4.78, 5) is 18.8. The van der Waals surface area contributed by atoms with Gasteiger partial charge in [-0.05, 0) is 32.1 Å². The minimum Gasteiger partial charge on any atom is -0.340 e. The van der Waals surface area contributed by atoms with Gasteiger partial charge in [0, 0.05) is 50.0 Å². The SMILES string of the molecule is CCCN(C(=O)CCn1ccnc1)C1CC2CCC(C1)N2. The maximum absolute atomic E-state index is 12.6. The van der Waals surface area contributed by atoms with Crippen LogP contribution >= 0.6 is 0 Å². The molecule has 5 nitrogen and oxygen atoms in total. The highest BCUT2D eigenvalue weighted by atomic mass is 16.2. The van der Waals surface area contributed by atoms with Crippen molar-refractivity contribution >= 4 is 5.91 Å². The molecule has 2 aliphatic rings. The van der Waals surface area contributed by atoms with Crippen molar-refractivity contribution in [2.45, 2.75) is 70.1 Å². The van der Waals surface area contributed by atoms with E-state index < -0.39 is 0 Å². The molecule has 0 aliphatic carbocycles. The number of amides is 1. The first-order valence-corrected chi connectivity index (χ1v) is 8.27. The number of imidazole rings is 1. The van der Waals surface area contributed by atoms with Gasteiger partial charge in [-0.2, -0.15) is 0 Å². The molecule has 3 heterocycles. The molecule has 2 aliphatic heterocycles. The normalized spacial score (nSPS) is 27.8. The standard InChI is InChI=1S/C16H26N4O/c1-2-7-20(15-10-13-3-4-14(11-15)18-13)16(21)5-8-19-9-6-17-12-19/h6,9,12-15,18H,2-5,7-8,10-11H2,1H3. The van der Waals surface area contributed by atoms with Gasteiger partial charge in [0.1, 0.15) is 0 Å². The van der Waals surface area contributed by atoms with Crippen LogP contribution in [0.2, 0.25) is 0 Å². The van der Waals surface area contributed by atoms with Gasteiger partial charge in [0.25, 0.3) is 0 Å². The van der Waals surface area contributed by atoms with E-state index in [1.165, 1.54) is 12.8 Å². The maximum Gasteiger partial charge on any atom is 0.224 e. The molecular formula is C16H26N4O. The fourth-order valence-corrected chi connectivity index (χ4v) is 3.82. The highest BCUT2D eigenvalue weighted by Crippen LogP contribution is 2.30. The van der Waals surface area contributed by atoms with Gasteiger partial charge in [-0.15, -0.1) is 0 Å². The first-order valence-electron chi connectivity index (χ1n) is 8.27. The van der Waals surface area contributed by atoms with Crippen LogP contribution in [0.4, 0.5) is 0 Å². The van der Waals surface area contributed by atoms with Gasteiger partial charge in [-0.25, -0.2) is 4.98 Å². The lowest BCUT2D eigenvalue weighted by Gasteiger charge is -2.38. The predicted octanol–water partition coefficient (Wildman–Crippen LogP) is 1.79. The topological polar surface area (TPSA) is 50.2 Å². The zero-order valence-electron chi connectivity index (χ0n) is 12.9. The van der Waals surface area contributed by atoms with Gasteiger partial charge in [-0.3, -0.25) is 4.79 Å². The molecule has 2 fully saturated rings. The molecule has 21 heavy (non-hydrogen) atoms. The summed E-state index contributed by atoms with van der Waals surface area (Å²) in [5.74, 6) is 0.303. The molecule has 2 saturated heterocycles. The van der Waals surface area contributed by atoms with Crippen LogP contribution in [0.5, 0.6) is 0 Å². The Morgan fingerprint density at radius 1 is 1.38 bits per heavy atom. The summed E-state index contributed by atoms with van der Waals surface area (Å²) < 4.78 is 1.98. The minimum atomic E-state index is 0.303. The van der Waals surface area contributed by atoms with Gasteiger partial charge in [0.2, 0.25) is 5.91 Å². The van der Waals surface area contributed by atoms with E-state index in [0.717, 1.165) is 32.4 Å². The fourth-order valence-electron chi connectivity index (χ4n) is 3.82. The van der Waals surface area contributed by atoms with Gasteiger partial charge < -0.3 is 14.8 Å². The third-order valence-electron chi connectivity index (χ3n) is 4.82. The Balaban J connectivity index is 1.59. The quantitative estimate of drug-likeness (QED) is 0.869. The van der Waals surface area contributed by atoms with Crippen molar-refractivity contribution in [3.8, 4) is 0 Å². The highest BCUT2D eigenvalue weighted by molar-refractivity contribution is 5.76. The number of nitrogens with zero attached hydrogens (tertiary/aromatic N) is 3. The molecule has 1 amide bonds. The summed E-state index contributed by atoms with van der Waals surface area (Å²) in [5, 5.41) is 3.66. The highest BCUT2D eigenvalue weighted by Gasteiger charge is 2.37. The zero-order valence-corrected chi connectivity index (χ0v) is 12.9. The molecule has 3 rings (SSSR count). The van der Waals surface area contributed by atoms with Crippen molar-refractivity contribution in [2.24, 2.45) is 0 Å². The average Bonchev–Trinajstić information content (AvgIpc) is 3.12. The van der Waals surface area contributed by atoms with E-state index in [2.05, 4.69) is 22.1 Å². The number of piperidine rings is 1. The van der Waals surface area contributed by atoms with Crippen molar-refractivity contribution in [1.29, 1.82) is 0 Å². The number of fused-ring (bicyclic) bond motifs is 2. The lowest BCUT2D eigenvalue weighted by Crippen LogP contribution is -2.50. The van der Waals surface area contributed by atoms with Crippen LogP contribution in [0.25, 0.3) is 0 Å². The molecule has 2 bridgehead atoms. The molecule has 116 valence electrons. The van der Waals surface area contributed by atoms with Crippen LogP contribution < -0.4 is 5.32 Å². The first-order chi connectivity index (χ1) is 10.3. The van der Waals surface area contributed by atoms with E-state index in [-0.39, 0.29) is 0 Å². The fraction of sp³-hybridized carbons (Fsp3) is 0.750. The largest absolute Gasteiger partial charge is 0.340 e. The van der Waals surface area contributed by atoms with Crippen LogP contribution in [0.1, 0.15) is 45.4 Å². The Labute approximate surface area is 126 Å². The molecule has 0 radical (unpaired) electrons. The monoisotopic (exact) mass is 290 g/mol. The van der Waals surface area contributed by atoms with E-state index in [0.29, 0.717) is 30.5 Å². The summed E-state index contributed by atoms with van der Waals surface area (Å²) in [6.07, 6.45) is 11.9. The second kappa shape index (κ2) is 6.60. The third-order valence-corrected chi connectivity index (χ3v) is 4.82. The summed E-state index contributed by atoms with van der Waals surface area (Å²) in [6.45, 7) is 3.79. The van der Waals surface area contributed by atoms with Crippen molar-refractivity contribution in [2.75, 3.05) is 6.54 Å². The second-order valence-electron chi connectivity index (χ2n) is 6.40. The molecule has 1 aromatic heterocycles. The predicted molar refractivity (Wildman–Crippen MR) is 81.8 cm³/mol. The van der Waals surface area contributed by atoms with Gasteiger partial charge in [0.05, 0.1) is 6.33 Å².